The van der Waals surface area contributed by atoms with Crippen LogP contribution in [-0.4, -0.2) is 66.5 Å². The Morgan fingerprint density at radius 3 is 2.26 bits per heavy atom. The number of nitrogens with one attached hydrogen (secondary N) is 1. The van der Waals surface area contributed by atoms with Crippen molar-refractivity contribution in [1.29, 1.82) is 0 Å². The summed E-state index contributed by atoms with van der Waals surface area (Å²) >= 11 is 0. The minimum absolute atomic E-state index is 0.00960. The lowest BCUT2D eigenvalue weighted by Crippen LogP contribution is -2.50. The van der Waals surface area contributed by atoms with Gasteiger partial charge in [-0.25, -0.2) is 0 Å². The number of hydrogen-bond acceptors (Lipinski definition) is 4. The van der Waals surface area contributed by atoms with Crippen LogP contribution in [0, 0.1) is 11.8 Å². The molecule has 2 fully saturated rings. The van der Waals surface area contributed by atoms with E-state index in [-0.39, 0.29) is 29.9 Å². The van der Waals surface area contributed by atoms with Gasteiger partial charge in [-0.05, 0) is 44.1 Å². The highest BCUT2D eigenvalue weighted by atomic mass is 16.5. The second kappa shape index (κ2) is 11.1. The Morgan fingerprint density at radius 2 is 1.68 bits per heavy atom. The summed E-state index contributed by atoms with van der Waals surface area (Å²) in [6.07, 6.45) is 3.01. The molecule has 6 heteroatoms. The molecule has 31 heavy (non-hydrogen) atoms. The molecule has 2 aliphatic heterocycles. The number of hydrogen-bond donors (Lipinski definition) is 1. The molecule has 3 rings (SSSR count). The molecule has 3 atom stereocenters. The molecular formula is C25H39N3O3. The molecule has 2 heterocycles. The maximum Gasteiger partial charge on any atom is 0.249 e. The van der Waals surface area contributed by atoms with Crippen LogP contribution in [0.25, 0.3) is 0 Å². The topological polar surface area (TPSA) is 61.9 Å². The van der Waals surface area contributed by atoms with Crippen molar-refractivity contribution in [3.63, 3.8) is 0 Å². The quantitative estimate of drug-likeness (QED) is 0.723. The zero-order valence-electron chi connectivity index (χ0n) is 19.5. The fraction of sp³-hybridized carbons (Fsp3) is 0.680. The van der Waals surface area contributed by atoms with Gasteiger partial charge >= 0.3 is 0 Å². The van der Waals surface area contributed by atoms with Crippen LogP contribution in [0.15, 0.2) is 30.3 Å². The summed E-state index contributed by atoms with van der Waals surface area (Å²) in [4.78, 5) is 30.3. The van der Waals surface area contributed by atoms with E-state index in [1.807, 2.05) is 49.1 Å². The van der Waals surface area contributed by atoms with Gasteiger partial charge in [-0.1, -0.05) is 44.2 Å². The molecule has 0 saturated carbocycles. The summed E-state index contributed by atoms with van der Waals surface area (Å²) in [6.45, 7) is 12.9. The summed E-state index contributed by atoms with van der Waals surface area (Å²) in [5.74, 6) is 0.804. The van der Waals surface area contributed by atoms with Crippen molar-refractivity contribution in [3.8, 4) is 0 Å². The van der Waals surface area contributed by atoms with Crippen molar-refractivity contribution in [2.75, 3.05) is 32.7 Å². The van der Waals surface area contributed by atoms with Gasteiger partial charge in [0.05, 0.1) is 12.2 Å². The zero-order chi connectivity index (χ0) is 22.4. The van der Waals surface area contributed by atoms with Crippen molar-refractivity contribution in [2.45, 2.75) is 65.2 Å². The average Bonchev–Trinajstić information content (AvgIpc) is 2.71. The lowest BCUT2D eigenvalue weighted by atomic mass is 9.94. The molecule has 0 aromatic heterocycles. The Balaban J connectivity index is 1.58. The molecule has 2 aliphatic rings. The van der Waals surface area contributed by atoms with Crippen LogP contribution in [0.2, 0.25) is 0 Å². The van der Waals surface area contributed by atoms with Gasteiger partial charge in [0.15, 0.2) is 0 Å². The summed E-state index contributed by atoms with van der Waals surface area (Å²) in [5, 5.41) is 3.00. The van der Waals surface area contributed by atoms with Gasteiger partial charge in [0, 0.05) is 39.1 Å². The second-order valence-electron chi connectivity index (χ2n) is 9.75. The number of morpholine rings is 1. The Labute approximate surface area is 187 Å². The number of ether oxygens (including phenoxy) is 1. The highest BCUT2D eigenvalue weighted by Gasteiger charge is 2.32. The van der Waals surface area contributed by atoms with Crippen LogP contribution in [0.3, 0.4) is 0 Å². The molecule has 0 spiro atoms. The first-order chi connectivity index (χ1) is 14.8. The third-order valence-electron chi connectivity index (χ3n) is 6.22. The van der Waals surface area contributed by atoms with E-state index >= 15 is 0 Å². The second-order valence-corrected chi connectivity index (χ2v) is 9.75. The van der Waals surface area contributed by atoms with E-state index in [1.54, 1.807) is 0 Å². The van der Waals surface area contributed by atoms with E-state index in [0.29, 0.717) is 12.3 Å². The van der Waals surface area contributed by atoms with E-state index in [0.717, 1.165) is 51.1 Å². The number of carbonyl (C=O) groups excluding carboxylic acids is 2. The maximum atomic E-state index is 13.4. The van der Waals surface area contributed by atoms with E-state index in [1.165, 1.54) is 0 Å². The van der Waals surface area contributed by atoms with Gasteiger partial charge in [-0.15, -0.1) is 0 Å². The van der Waals surface area contributed by atoms with Crippen LogP contribution < -0.4 is 5.32 Å². The van der Waals surface area contributed by atoms with Crippen LogP contribution in [0.1, 0.15) is 58.6 Å². The predicted molar refractivity (Wildman–Crippen MR) is 123 cm³/mol. The zero-order valence-corrected chi connectivity index (χ0v) is 19.5. The molecule has 172 valence electrons. The highest BCUT2D eigenvalue weighted by molar-refractivity contribution is 5.88. The number of piperidine rings is 1. The molecule has 1 N–H and O–H groups in total. The molecule has 2 saturated heterocycles. The number of carbonyl (C=O) groups is 2. The van der Waals surface area contributed by atoms with Gasteiger partial charge < -0.3 is 15.0 Å². The van der Waals surface area contributed by atoms with Crippen molar-refractivity contribution in [1.82, 2.24) is 15.1 Å². The fourth-order valence-electron chi connectivity index (χ4n) is 4.84. The normalized spacial score (nSPS) is 24.2. The van der Waals surface area contributed by atoms with Crippen LogP contribution in [0.4, 0.5) is 0 Å². The van der Waals surface area contributed by atoms with Crippen molar-refractivity contribution >= 4 is 11.8 Å². The van der Waals surface area contributed by atoms with Crippen LogP contribution in [0.5, 0.6) is 0 Å². The maximum absolute atomic E-state index is 13.4. The van der Waals surface area contributed by atoms with E-state index < -0.39 is 6.04 Å². The largest absolute Gasteiger partial charge is 0.373 e. The summed E-state index contributed by atoms with van der Waals surface area (Å²) in [5.41, 5.74) is 0.850. The third kappa shape index (κ3) is 7.04. The Kier molecular flexibility index (Phi) is 8.50. The van der Waals surface area contributed by atoms with Crippen molar-refractivity contribution in [3.05, 3.63) is 35.9 Å². The van der Waals surface area contributed by atoms with E-state index in [4.69, 9.17) is 4.74 Å². The smallest absolute Gasteiger partial charge is 0.249 e. The number of likely N-dealkylation sites (tertiary alicyclic amines) is 1. The average molecular weight is 430 g/mol. The Hall–Kier alpha value is -1.92. The lowest BCUT2D eigenvalue weighted by molar-refractivity contribution is -0.138. The summed E-state index contributed by atoms with van der Waals surface area (Å²) in [7, 11) is 0. The van der Waals surface area contributed by atoms with Gasteiger partial charge in [0.2, 0.25) is 11.8 Å². The first kappa shape index (κ1) is 23.7. The molecule has 2 amide bonds. The Bertz CT molecular complexity index is 706. The molecule has 6 nitrogen and oxygen atoms in total. The minimum atomic E-state index is -0.607. The number of nitrogens with zero attached hydrogens (tertiary/aromatic N) is 2. The molecule has 0 aliphatic carbocycles. The molecule has 0 bridgehead atoms. The standard InChI is InChI=1S/C25H39N3O3/c1-18(2)14-23(29)26-24(22-8-6-5-7-9-22)25(30)28-12-10-21(11-13-28)17-27-15-19(3)31-20(4)16-27/h5-9,18-21,24H,10-17H2,1-4H3,(H,26,29). The van der Waals surface area contributed by atoms with Gasteiger partial charge in [-0.2, -0.15) is 0 Å². The molecule has 1 aromatic carbocycles. The molecule has 0 radical (unpaired) electrons. The van der Waals surface area contributed by atoms with Crippen LogP contribution >= 0.6 is 0 Å². The Morgan fingerprint density at radius 1 is 1.06 bits per heavy atom. The van der Waals surface area contributed by atoms with Gasteiger partial charge in [0.1, 0.15) is 6.04 Å². The third-order valence-corrected chi connectivity index (χ3v) is 6.22. The summed E-state index contributed by atoms with van der Waals surface area (Å²) < 4.78 is 5.85. The van der Waals surface area contributed by atoms with Gasteiger partial charge in [0.25, 0.3) is 0 Å². The SMILES string of the molecule is CC(C)CC(=O)NC(C(=O)N1CCC(CN2CC(C)OC(C)C2)CC1)c1ccccc1. The first-order valence-corrected chi connectivity index (χ1v) is 11.8. The summed E-state index contributed by atoms with van der Waals surface area (Å²) in [6, 6.07) is 9.00. The van der Waals surface area contributed by atoms with Gasteiger partial charge in [-0.3, -0.25) is 14.5 Å². The molecular weight excluding hydrogens is 390 g/mol. The number of rotatable bonds is 7. The number of benzene rings is 1. The van der Waals surface area contributed by atoms with E-state index in [9.17, 15) is 9.59 Å². The van der Waals surface area contributed by atoms with Crippen molar-refractivity contribution < 1.29 is 14.3 Å². The molecule has 3 unspecified atom stereocenters. The molecule has 1 aromatic rings. The fourth-order valence-corrected chi connectivity index (χ4v) is 4.84. The first-order valence-electron chi connectivity index (χ1n) is 11.8. The number of amides is 2. The van der Waals surface area contributed by atoms with E-state index in [2.05, 4.69) is 24.1 Å². The lowest BCUT2D eigenvalue weighted by Gasteiger charge is -2.40. The van der Waals surface area contributed by atoms with Crippen LogP contribution in [-0.2, 0) is 14.3 Å². The predicted octanol–water partition coefficient (Wildman–Crippen LogP) is 3.24. The highest BCUT2D eigenvalue weighted by Crippen LogP contribution is 2.24. The monoisotopic (exact) mass is 429 g/mol. The van der Waals surface area contributed by atoms with Crippen molar-refractivity contribution in [2.24, 2.45) is 11.8 Å². The minimum Gasteiger partial charge on any atom is -0.373 e.